The standard InChI is InChI=1S/C21H17BrCl2N4O2/c1-21(2,3)20-27-17-5-4-13(22)10-14(17)19(29)28(20)26-11-12-8-15(23)18(16(24)9-12)30-7-6-25/h4-5,8-11H,7H2,1-3H3. The smallest absolute Gasteiger partial charge is 0.282 e. The van der Waals surface area contributed by atoms with Crippen LogP contribution in [-0.4, -0.2) is 22.5 Å². The summed E-state index contributed by atoms with van der Waals surface area (Å²) < 4.78 is 7.30. The molecule has 0 aliphatic carbocycles. The summed E-state index contributed by atoms with van der Waals surface area (Å²) in [5, 5.41) is 14.0. The zero-order valence-corrected chi connectivity index (χ0v) is 19.5. The predicted octanol–water partition coefficient (Wildman–Crippen LogP) is 5.55. The van der Waals surface area contributed by atoms with Gasteiger partial charge in [0.25, 0.3) is 5.56 Å². The maximum Gasteiger partial charge on any atom is 0.282 e. The number of rotatable bonds is 4. The second-order valence-corrected chi connectivity index (χ2v) is 9.20. The molecule has 0 bridgehead atoms. The minimum absolute atomic E-state index is 0.171. The molecule has 154 valence electrons. The van der Waals surface area contributed by atoms with E-state index >= 15 is 0 Å². The predicted molar refractivity (Wildman–Crippen MR) is 123 cm³/mol. The van der Waals surface area contributed by atoms with E-state index in [4.69, 9.17) is 33.2 Å². The highest BCUT2D eigenvalue weighted by molar-refractivity contribution is 9.10. The lowest BCUT2D eigenvalue weighted by molar-refractivity contribution is 0.368. The van der Waals surface area contributed by atoms with Crippen molar-refractivity contribution >= 4 is 56.2 Å². The number of benzene rings is 2. The monoisotopic (exact) mass is 506 g/mol. The van der Waals surface area contributed by atoms with Crippen molar-refractivity contribution in [2.24, 2.45) is 5.10 Å². The molecule has 0 saturated heterocycles. The Hall–Kier alpha value is -2.40. The molecular weight excluding hydrogens is 491 g/mol. The Kier molecular flexibility index (Phi) is 6.51. The molecule has 0 fully saturated rings. The molecule has 9 heteroatoms. The Morgan fingerprint density at radius 2 is 1.93 bits per heavy atom. The first-order valence-electron chi connectivity index (χ1n) is 8.88. The molecule has 0 amide bonds. The lowest BCUT2D eigenvalue weighted by Gasteiger charge is -2.20. The molecule has 1 heterocycles. The summed E-state index contributed by atoms with van der Waals surface area (Å²) in [6, 6.07) is 10.4. The number of fused-ring (bicyclic) bond motifs is 1. The first kappa shape index (κ1) is 22.3. The molecule has 0 saturated carbocycles. The normalized spacial score (nSPS) is 11.8. The summed E-state index contributed by atoms with van der Waals surface area (Å²) in [6.45, 7) is 5.71. The van der Waals surface area contributed by atoms with Crippen molar-refractivity contribution in [2.75, 3.05) is 6.61 Å². The molecule has 0 N–H and O–H groups in total. The number of hydrogen-bond donors (Lipinski definition) is 0. The average Bonchev–Trinajstić information content (AvgIpc) is 2.66. The Morgan fingerprint density at radius 1 is 1.27 bits per heavy atom. The van der Waals surface area contributed by atoms with Gasteiger partial charge in [-0.3, -0.25) is 4.79 Å². The molecule has 0 aliphatic heterocycles. The summed E-state index contributed by atoms with van der Waals surface area (Å²) in [7, 11) is 0. The van der Waals surface area contributed by atoms with E-state index in [2.05, 4.69) is 26.0 Å². The molecule has 6 nitrogen and oxygen atoms in total. The Morgan fingerprint density at radius 3 is 2.53 bits per heavy atom. The highest BCUT2D eigenvalue weighted by Gasteiger charge is 2.23. The van der Waals surface area contributed by atoms with Crippen LogP contribution in [0.1, 0.15) is 32.2 Å². The summed E-state index contributed by atoms with van der Waals surface area (Å²) in [4.78, 5) is 17.8. The van der Waals surface area contributed by atoms with Gasteiger partial charge in [0.2, 0.25) is 0 Å². The molecule has 2 aromatic carbocycles. The van der Waals surface area contributed by atoms with E-state index in [0.29, 0.717) is 22.3 Å². The highest BCUT2D eigenvalue weighted by Crippen LogP contribution is 2.33. The second kappa shape index (κ2) is 8.76. The first-order chi connectivity index (χ1) is 14.1. The van der Waals surface area contributed by atoms with Gasteiger partial charge in [-0.05, 0) is 35.9 Å². The molecule has 0 atom stereocenters. The van der Waals surface area contributed by atoms with E-state index in [9.17, 15) is 4.79 Å². The summed E-state index contributed by atoms with van der Waals surface area (Å²) in [5.41, 5.74) is 0.455. The lowest BCUT2D eigenvalue weighted by atomic mass is 9.95. The molecule has 0 unspecified atom stereocenters. The van der Waals surface area contributed by atoms with Gasteiger partial charge >= 0.3 is 0 Å². The zero-order valence-electron chi connectivity index (χ0n) is 16.4. The van der Waals surface area contributed by atoms with Crippen LogP contribution in [0.2, 0.25) is 10.0 Å². The average molecular weight is 508 g/mol. The van der Waals surface area contributed by atoms with Crippen LogP contribution in [0.25, 0.3) is 10.9 Å². The van der Waals surface area contributed by atoms with E-state index in [0.717, 1.165) is 4.47 Å². The Labute approximate surface area is 191 Å². The summed E-state index contributed by atoms with van der Waals surface area (Å²) in [5.74, 6) is 0.742. The van der Waals surface area contributed by atoms with Crippen LogP contribution in [0, 0.1) is 11.3 Å². The molecule has 3 rings (SSSR count). The van der Waals surface area contributed by atoms with Crippen molar-refractivity contribution in [3.63, 3.8) is 0 Å². The topological polar surface area (TPSA) is 80.3 Å². The van der Waals surface area contributed by atoms with E-state index in [1.54, 1.807) is 24.3 Å². The van der Waals surface area contributed by atoms with E-state index in [1.807, 2.05) is 32.9 Å². The fourth-order valence-electron chi connectivity index (χ4n) is 2.76. The Balaban J connectivity index is 2.13. The zero-order chi connectivity index (χ0) is 22.1. The minimum Gasteiger partial charge on any atom is -0.476 e. The van der Waals surface area contributed by atoms with Gasteiger partial charge in [0.15, 0.2) is 12.4 Å². The quantitative estimate of drug-likeness (QED) is 0.433. The second-order valence-electron chi connectivity index (χ2n) is 7.47. The van der Waals surface area contributed by atoms with Crippen molar-refractivity contribution in [1.82, 2.24) is 9.66 Å². The highest BCUT2D eigenvalue weighted by atomic mass is 79.9. The van der Waals surface area contributed by atoms with Crippen molar-refractivity contribution in [3.05, 3.63) is 66.6 Å². The number of nitrogens with zero attached hydrogens (tertiary/aromatic N) is 4. The molecule has 0 aliphatic rings. The molecule has 1 aromatic heterocycles. The number of hydrogen-bond acceptors (Lipinski definition) is 5. The van der Waals surface area contributed by atoms with Crippen molar-refractivity contribution in [2.45, 2.75) is 26.2 Å². The molecule has 3 aromatic rings. The van der Waals surface area contributed by atoms with Crippen LogP contribution in [-0.2, 0) is 5.41 Å². The van der Waals surface area contributed by atoms with Gasteiger partial charge in [0.05, 0.1) is 27.2 Å². The van der Waals surface area contributed by atoms with Crippen LogP contribution in [0.3, 0.4) is 0 Å². The molecular formula is C21H17BrCl2N4O2. The largest absolute Gasteiger partial charge is 0.476 e. The van der Waals surface area contributed by atoms with E-state index in [-0.39, 0.29) is 28.0 Å². The van der Waals surface area contributed by atoms with Gasteiger partial charge in [0.1, 0.15) is 11.9 Å². The fraction of sp³-hybridized carbons (Fsp3) is 0.238. The molecule has 30 heavy (non-hydrogen) atoms. The van der Waals surface area contributed by atoms with Crippen LogP contribution < -0.4 is 10.3 Å². The third-order valence-electron chi connectivity index (χ3n) is 4.10. The molecule has 0 spiro atoms. The van der Waals surface area contributed by atoms with Gasteiger partial charge in [0, 0.05) is 9.89 Å². The number of nitriles is 1. The van der Waals surface area contributed by atoms with Crippen LogP contribution in [0.4, 0.5) is 0 Å². The van der Waals surface area contributed by atoms with Gasteiger partial charge < -0.3 is 4.74 Å². The lowest BCUT2D eigenvalue weighted by Crippen LogP contribution is -2.29. The van der Waals surface area contributed by atoms with E-state index in [1.165, 1.54) is 10.9 Å². The third kappa shape index (κ3) is 4.67. The van der Waals surface area contributed by atoms with Gasteiger partial charge in [-0.15, -0.1) is 0 Å². The maximum atomic E-state index is 13.2. The van der Waals surface area contributed by atoms with Crippen LogP contribution in [0.5, 0.6) is 5.75 Å². The third-order valence-corrected chi connectivity index (χ3v) is 5.16. The van der Waals surface area contributed by atoms with Crippen molar-refractivity contribution in [3.8, 4) is 11.8 Å². The van der Waals surface area contributed by atoms with Gasteiger partial charge in [-0.25, -0.2) is 4.98 Å². The van der Waals surface area contributed by atoms with Crippen LogP contribution >= 0.6 is 39.1 Å². The number of ether oxygens (including phenoxy) is 1. The summed E-state index contributed by atoms with van der Waals surface area (Å²) >= 11 is 15.8. The van der Waals surface area contributed by atoms with E-state index < -0.39 is 5.41 Å². The van der Waals surface area contributed by atoms with Crippen molar-refractivity contribution in [1.29, 1.82) is 5.26 Å². The number of halogens is 3. The maximum absolute atomic E-state index is 13.2. The Bertz CT molecular complexity index is 1230. The van der Waals surface area contributed by atoms with Gasteiger partial charge in [-0.2, -0.15) is 15.0 Å². The first-order valence-corrected chi connectivity index (χ1v) is 10.4. The number of aromatic nitrogens is 2. The van der Waals surface area contributed by atoms with Gasteiger partial charge in [-0.1, -0.05) is 59.9 Å². The summed E-state index contributed by atoms with van der Waals surface area (Å²) in [6.07, 6.45) is 1.48. The fourth-order valence-corrected chi connectivity index (χ4v) is 3.74. The van der Waals surface area contributed by atoms with Crippen LogP contribution in [0.15, 0.2) is 44.7 Å². The minimum atomic E-state index is -0.429. The van der Waals surface area contributed by atoms with Crippen molar-refractivity contribution < 1.29 is 4.74 Å². The SMILES string of the molecule is CC(C)(C)c1nc2ccc(Br)cc2c(=O)n1N=Cc1cc(Cl)c(OCC#N)c(Cl)c1. The molecule has 0 radical (unpaired) electrons.